The van der Waals surface area contributed by atoms with E-state index in [1.807, 2.05) is 11.3 Å². The van der Waals surface area contributed by atoms with Crippen LogP contribution in [-0.2, 0) is 12.8 Å². The van der Waals surface area contributed by atoms with Crippen LogP contribution in [0.4, 0.5) is 0 Å². The lowest BCUT2D eigenvalue weighted by atomic mass is 10.0. The van der Waals surface area contributed by atoms with E-state index < -0.39 is 0 Å². The predicted molar refractivity (Wildman–Crippen MR) is 82.9 cm³/mol. The van der Waals surface area contributed by atoms with Gasteiger partial charge >= 0.3 is 0 Å². The first-order valence-electron chi connectivity index (χ1n) is 7.22. The van der Waals surface area contributed by atoms with Gasteiger partial charge in [0.15, 0.2) is 0 Å². The maximum absolute atomic E-state index is 3.47. The predicted octanol–water partition coefficient (Wildman–Crippen LogP) is 4.33. The van der Waals surface area contributed by atoms with E-state index in [2.05, 4.69) is 48.8 Å². The van der Waals surface area contributed by atoms with Gasteiger partial charge in [0.1, 0.15) is 0 Å². The maximum atomic E-state index is 3.47. The minimum atomic E-state index is 0.345. The molecule has 1 nitrogen and oxygen atoms in total. The van der Waals surface area contributed by atoms with Crippen LogP contribution >= 0.6 is 11.3 Å². The van der Waals surface area contributed by atoms with E-state index in [1.54, 1.807) is 10.4 Å². The SMILES string of the molecule is CNC(c1ccccc1)c1cc2c(s1)CCCCC2. The molecule has 2 aromatic rings. The third-order valence-electron chi connectivity index (χ3n) is 3.97. The maximum Gasteiger partial charge on any atom is 0.0668 e. The van der Waals surface area contributed by atoms with Crippen LogP contribution in [0.25, 0.3) is 0 Å². The minimum Gasteiger partial charge on any atom is -0.309 e. The number of fused-ring (bicyclic) bond motifs is 1. The minimum absolute atomic E-state index is 0.345. The van der Waals surface area contributed by atoms with E-state index in [0.29, 0.717) is 6.04 Å². The van der Waals surface area contributed by atoms with Crippen LogP contribution in [0.3, 0.4) is 0 Å². The Hall–Kier alpha value is -1.12. The van der Waals surface area contributed by atoms with Crippen molar-refractivity contribution >= 4 is 11.3 Å². The van der Waals surface area contributed by atoms with E-state index >= 15 is 0 Å². The van der Waals surface area contributed by atoms with Gasteiger partial charge < -0.3 is 5.32 Å². The summed E-state index contributed by atoms with van der Waals surface area (Å²) >= 11 is 2.01. The number of aryl methyl sites for hydroxylation is 2. The molecule has 0 amide bonds. The fourth-order valence-electron chi connectivity index (χ4n) is 2.95. The second-order valence-corrected chi connectivity index (χ2v) is 6.46. The summed E-state index contributed by atoms with van der Waals surface area (Å²) in [4.78, 5) is 3.10. The van der Waals surface area contributed by atoms with Crippen LogP contribution in [0.1, 0.15) is 46.2 Å². The molecule has 0 saturated carbocycles. The van der Waals surface area contributed by atoms with Crippen LogP contribution in [0, 0.1) is 0 Å². The largest absolute Gasteiger partial charge is 0.309 e. The second-order valence-electron chi connectivity index (χ2n) is 5.29. The summed E-state index contributed by atoms with van der Waals surface area (Å²) in [6.07, 6.45) is 6.67. The lowest BCUT2D eigenvalue weighted by Crippen LogP contribution is -2.16. The molecule has 0 fully saturated rings. The third kappa shape index (κ3) is 2.75. The normalized spacial score (nSPS) is 16.7. The topological polar surface area (TPSA) is 12.0 Å². The van der Waals surface area contributed by atoms with E-state index in [4.69, 9.17) is 0 Å². The molecule has 1 aliphatic rings. The first-order chi connectivity index (χ1) is 9.38. The van der Waals surface area contributed by atoms with Crippen molar-refractivity contribution in [1.29, 1.82) is 0 Å². The van der Waals surface area contributed by atoms with Crippen molar-refractivity contribution in [2.75, 3.05) is 7.05 Å². The highest BCUT2D eigenvalue weighted by atomic mass is 32.1. The Balaban J connectivity index is 1.92. The lowest BCUT2D eigenvalue weighted by Gasteiger charge is -2.14. The van der Waals surface area contributed by atoms with Gasteiger partial charge in [-0.3, -0.25) is 0 Å². The molecular weight excluding hydrogens is 250 g/mol. The number of hydrogen-bond donors (Lipinski definition) is 1. The Bertz CT molecular complexity index is 506. The summed E-state index contributed by atoms with van der Waals surface area (Å²) in [5, 5.41) is 3.47. The Kier molecular flexibility index (Phi) is 4.00. The van der Waals surface area contributed by atoms with Gasteiger partial charge in [-0.05, 0) is 49.9 Å². The molecule has 1 atom stereocenters. The molecule has 1 unspecified atom stereocenters. The van der Waals surface area contributed by atoms with E-state index in [9.17, 15) is 0 Å². The van der Waals surface area contributed by atoms with Crippen LogP contribution < -0.4 is 5.32 Å². The first-order valence-corrected chi connectivity index (χ1v) is 8.04. The average Bonchev–Trinajstić information content (AvgIpc) is 2.71. The fraction of sp³-hybridized carbons (Fsp3) is 0.412. The van der Waals surface area contributed by atoms with Crippen molar-refractivity contribution < 1.29 is 0 Å². The van der Waals surface area contributed by atoms with Crippen LogP contribution in [-0.4, -0.2) is 7.05 Å². The van der Waals surface area contributed by atoms with E-state index in [-0.39, 0.29) is 0 Å². The lowest BCUT2D eigenvalue weighted by molar-refractivity contribution is 0.698. The molecule has 1 aromatic heterocycles. The molecule has 0 radical (unpaired) electrons. The standard InChI is InChI=1S/C17H21NS/c1-18-17(13-8-4-2-5-9-13)16-12-14-10-6-3-7-11-15(14)19-16/h2,4-5,8-9,12,17-18H,3,6-7,10-11H2,1H3. The molecule has 1 aliphatic carbocycles. The fourth-order valence-corrected chi connectivity index (χ4v) is 4.35. The number of rotatable bonds is 3. The Morgan fingerprint density at radius 3 is 2.63 bits per heavy atom. The zero-order valence-electron chi connectivity index (χ0n) is 11.5. The van der Waals surface area contributed by atoms with Crippen molar-refractivity contribution in [1.82, 2.24) is 5.32 Å². The van der Waals surface area contributed by atoms with Gasteiger partial charge in [0.25, 0.3) is 0 Å². The van der Waals surface area contributed by atoms with Gasteiger partial charge in [-0.25, -0.2) is 0 Å². The van der Waals surface area contributed by atoms with Crippen molar-refractivity contribution in [2.45, 2.75) is 38.1 Å². The summed E-state index contributed by atoms with van der Waals surface area (Å²) in [6, 6.07) is 13.5. The molecule has 0 saturated heterocycles. The third-order valence-corrected chi connectivity index (χ3v) is 5.27. The molecule has 100 valence electrons. The first kappa shape index (κ1) is 12.9. The van der Waals surface area contributed by atoms with Gasteiger partial charge in [-0.1, -0.05) is 36.8 Å². The van der Waals surface area contributed by atoms with Crippen molar-refractivity contribution in [2.24, 2.45) is 0 Å². The van der Waals surface area contributed by atoms with E-state index in [0.717, 1.165) is 0 Å². The van der Waals surface area contributed by atoms with Gasteiger partial charge in [-0.2, -0.15) is 0 Å². The molecule has 1 heterocycles. The summed E-state index contributed by atoms with van der Waals surface area (Å²) in [7, 11) is 2.06. The zero-order valence-corrected chi connectivity index (χ0v) is 12.3. The molecule has 19 heavy (non-hydrogen) atoms. The van der Waals surface area contributed by atoms with Gasteiger partial charge in [0, 0.05) is 9.75 Å². The molecule has 1 N–H and O–H groups in total. The highest BCUT2D eigenvalue weighted by Crippen LogP contribution is 2.34. The number of benzene rings is 1. The zero-order chi connectivity index (χ0) is 13.1. The summed E-state index contributed by atoms with van der Waals surface area (Å²) in [5.41, 5.74) is 2.97. The highest BCUT2D eigenvalue weighted by molar-refractivity contribution is 7.12. The van der Waals surface area contributed by atoms with Gasteiger partial charge in [0.2, 0.25) is 0 Å². The molecular formula is C17H21NS. The van der Waals surface area contributed by atoms with Crippen LogP contribution in [0.5, 0.6) is 0 Å². The van der Waals surface area contributed by atoms with Gasteiger partial charge in [0.05, 0.1) is 6.04 Å². The van der Waals surface area contributed by atoms with E-state index in [1.165, 1.54) is 42.5 Å². The molecule has 0 aliphatic heterocycles. The van der Waals surface area contributed by atoms with Crippen molar-refractivity contribution in [3.63, 3.8) is 0 Å². The number of thiophene rings is 1. The van der Waals surface area contributed by atoms with Crippen molar-refractivity contribution in [3.05, 3.63) is 57.3 Å². The Morgan fingerprint density at radius 2 is 1.84 bits per heavy atom. The smallest absolute Gasteiger partial charge is 0.0668 e. The van der Waals surface area contributed by atoms with Gasteiger partial charge in [-0.15, -0.1) is 11.3 Å². The van der Waals surface area contributed by atoms with Crippen molar-refractivity contribution in [3.8, 4) is 0 Å². The highest BCUT2D eigenvalue weighted by Gasteiger charge is 2.18. The Morgan fingerprint density at radius 1 is 1.05 bits per heavy atom. The number of hydrogen-bond acceptors (Lipinski definition) is 2. The Labute approximate surface area is 119 Å². The second kappa shape index (κ2) is 5.89. The average molecular weight is 271 g/mol. The molecule has 3 rings (SSSR count). The monoisotopic (exact) mass is 271 g/mol. The summed E-state index contributed by atoms with van der Waals surface area (Å²) in [6.45, 7) is 0. The molecule has 1 aromatic carbocycles. The molecule has 0 bridgehead atoms. The molecule has 2 heteroatoms. The van der Waals surface area contributed by atoms with Crippen LogP contribution in [0.15, 0.2) is 36.4 Å². The quantitative estimate of drug-likeness (QED) is 0.820. The number of nitrogens with one attached hydrogen (secondary N) is 1. The van der Waals surface area contributed by atoms with Crippen LogP contribution in [0.2, 0.25) is 0 Å². The summed E-state index contributed by atoms with van der Waals surface area (Å²) < 4.78 is 0. The summed E-state index contributed by atoms with van der Waals surface area (Å²) in [5.74, 6) is 0. The molecule has 0 spiro atoms.